The fraction of sp³-hybridized carbons (Fsp3) is 0.538. The van der Waals surface area contributed by atoms with Crippen molar-refractivity contribution in [2.24, 2.45) is 0 Å². The van der Waals surface area contributed by atoms with Gasteiger partial charge in [0.1, 0.15) is 0 Å². The number of hydrogen-bond donors (Lipinski definition) is 1. The molecular weight excluding hydrogens is 257 g/mol. The topological polar surface area (TPSA) is 21.3 Å². The zero-order chi connectivity index (χ0) is 12.3. The summed E-state index contributed by atoms with van der Waals surface area (Å²) in [6.07, 6.45) is 2.67. The Balaban J connectivity index is 1.91. The molecule has 0 spiro atoms. The van der Waals surface area contributed by atoms with E-state index >= 15 is 0 Å². The Bertz CT molecular complexity index is 378. The van der Waals surface area contributed by atoms with Gasteiger partial charge in [-0.05, 0) is 37.5 Å². The van der Waals surface area contributed by atoms with E-state index in [9.17, 15) is 0 Å². The lowest BCUT2D eigenvalue weighted by atomic mass is 10.1. The summed E-state index contributed by atoms with van der Waals surface area (Å²) < 4.78 is 5.57. The van der Waals surface area contributed by atoms with Gasteiger partial charge in [-0.2, -0.15) is 0 Å². The van der Waals surface area contributed by atoms with Crippen LogP contribution < -0.4 is 5.32 Å². The number of hydrogen-bond acceptors (Lipinski definition) is 2. The minimum atomic E-state index is 0.212. The third-order valence-electron chi connectivity index (χ3n) is 3.10. The molecule has 4 heteroatoms. The summed E-state index contributed by atoms with van der Waals surface area (Å²) in [5, 5.41) is 4.83. The molecule has 0 aromatic heterocycles. The van der Waals surface area contributed by atoms with Crippen molar-refractivity contribution in [1.82, 2.24) is 5.32 Å². The first-order valence-corrected chi connectivity index (χ1v) is 6.72. The fourth-order valence-electron chi connectivity index (χ4n) is 2.08. The van der Waals surface area contributed by atoms with Crippen LogP contribution in [0.15, 0.2) is 18.2 Å². The third kappa shape index (κ3) is 3.59. The van der Waals surface area contributed by atoms with E-state index in [1.807, 2.05) is 12.1 Å². The Morgan fingerprint density at radius 1 is 1.47 bits per heavy atom. The van der Waals surface area contributed by atoms with Crippen molar-refractivity contribution in [3.8, 4) is 0 Å². The van der Waals surface area contributed by atoms with Crippen molar-refractivity contribution in [3.05, 3.63) is 33.8 Å². The smallest absolute Gasteiger partial charge is 0.0700 e. The van der Waals surface area contributed by atoms with Crippen molar-refractivity contribution >= 4 is 23.2 Å². The van der Waals surface area contributed by atoms with Gasteiger partial charge < -0.3 is 10.1 Å². The summed E-state index contributed by atoms with van der Waals surface area (Å²) in [5.74, 6) is 0. The number of nitrogens with one attached hydrogen (secondary N) is 1. The van der Waals surface area contributed by atoms with Gasteiger partial charge >= 0.3 is 0 Å². The van der Waals surface area contributed by atoms with Crippen LogP contribution in [0.25, 0.3) is 0 Å². The molecule has 0 amide bonds. The summed E-state index contributed by atoms with van der Waals surface area (Å²) >= 11 is 12.0. The molecule has 1 N–H and O–H groups in total. The first-order chi connectivity index (χ1) is 8.16. The van der Waals surface area contributed by atoms with Gasteiger partial charge in [0.15, 0.2) is 0 Å². The first-order valence-electron chi connectivity index (χ1n) is 5.97. The average molecular weight is 274 g/mol. The number of halogens is 2. The second-order valence-electron chi connectivity index (χ2n) is 4.43. The zero-order valence-corrected chi connectivity index (χ0v) is 11.4. The highest BCUT2D eigenvalue weighted by atomic mass is 35.5. The van der Waals surface area contributed by atoms with Gasteiger partial charge in [0.05, 0.1) is 6.10 Å². The molecule has 1 fully saturated rings. The number of ether oxygens (including phenoxy) is 1. The van der Waals surface area contributed by atoms with Gasteiger partial charge in [-0.1, -0.05) is 29.3 Å². The highest BCUT2D eigenvalue weighted by Crippen LogP contribution is 2.26. The maximum atomic E-state index is 6.16. The Hall–Kier alpha value is -0.280. The van der Waals surface area contributed by atoms with Crippen LogP contribution in [0.1, 0.15) is 31.4 Å². The van der Waals surface area contributed by atoms with Gasteiger partial charge in [0.25, 0.3) is 0 Å². The Morgan fingerprint density at radius 3 is 2.94 bits per heavy atom. The third-order valence-corrected chi connectivity index (χ3v) is 3.67. The quantitative estimate of drug-likeness (QED) is 0.901. The fourth-order valence-corrected chi connectivity index (χ4v) is 2.65. The van der Waals surface area contributed by atoms with Crippen molar-refractivity contribution in [3.63, 3.8) is 0 Å². The van der Waals surface area contributed by atoms with E-state index < -0.39 is 0 Å². The SMILES string of the molecule is CC(NCC1CCCO1)c1ccc(Cl)cc1Cl. The summed E-state index contributed by atoms with van der Waals surface area (Å²) in [5.41, 5.74) is 1.08. The highest BCUT2D eigenvalue weighted by Gasteiger charge is 2.17. The second kappa shape index (κ2) is 6.05. The van der Waals surface area contributed by atoms with Crippen LogP contribution in [0.3, 0.4) is 0 Å². The second-order valence-corrected chi connectivity index (χ2v) is 5.27. The van der Waals surface area contributed by atoms with Gasteiger partial charge in [-0.3, -0.25) is 0 Å². The molecule has 2 nitrogen and oxygen atoms in total. The molecule has 2 unspecified atom stereocenters. The molecule has 1 heterocycles. The van der Waals surface area contributed by atoms with Crippen molar-refractivity contribution in [1.29, 1.82) is 0 Å². The van der Waals surface area contributed by atoms with Crippen LogP contribution in [-0.4, -0.2) is 19.3 Å². The molecule has 1 aromatic rings. The molecule has 0 saturated carbocycles. The Kier molecular flexibility index (Phi) is 4.69. The van der Waals surface area contributed by atoms with Gasteiger partial charge in [0, 0.05) is 29.2 Å². The summed E-state index contributed by atoms with van der Waals surface area (Å²) in [4.78, 5) is 0. The maximum absolute atomic E-state index is 6.16. The zero-order valence-electron chi connectivity index (χ0n) is 9.88. The molecule has 2 atom stereocenters. The highest BCUT2D eigenvalue weighted by molar-refractivity contribution is 6.35. The van der Waals surface area contributed by atoms with Crippen LogP contribution in [0.2, 0.25) is 10.0 Å². The molecule has 2 rings (SSSR count). The lowest BCUT2D eigenvalue weighted by Crippen LogP contribution is -2.28. The normalized spacial score (nSPS) is 21.7. The van der Waals surface area contributed by atoms with E-state index in [2.05, 4.69) is 12.2 Å². The predicted octanol–water partition coefficient (Wildman–Crippen LogP) is 3.82. The minimum absolute atomic E-state index is 0.212. The van der Waals surface area contributed by atoms with Crippen molar-refractivity contribution < 1.29 is 4.74 Å². The van der Waals surface area contributed by atoms with Crippen LogP contribution in [0.4, 0.5) is 0 Å². The summed E-state index contributed by atoms with van der Waals surface area (Å²) in [7, 11) is 0. The van der Waals surface area contributed by atoms with Gasteiger partial charge in [0.2, 0.25) is 0 Å². The predicted molar refractivity (Wildman–Crippen MR) is 71.9 cm³/mol. The standard InChI is InChI=1S/C13H17Cl2NO/c1-9(16-8-11-3-2-6-17-11)12-5-4-10(14)7-13(12)15/h4-5,7,9,11,16H,2-3,6,8H2,1H3. The average Bonchev–Trinajstić information content (AvgIpc) is 2.78. The molecule has 1 aliphatic heterocycles. The van der Waals surface area contributed by atoms with Crippen LogP contribution in [-0.2, 0) is 4.74 Å². The van der Waals surface area contributed by atoms with Crippen molar-refractivity contribution in [2.75, 3.05) is 13.2 Å². The van der Waals surface area contributed by atoms with Gasteiger partial charge in [-0.25, -0.2) is 0 Å². The molecule has 1 saturated heterocycles. The monoisotopic (exact) mass is 273 g/mol. The number of rotatable bonds is 4. The Morgan fingerprint density at radius 2 is 2.29 bits per heavy atom. The molecule has 1 aliphatic rings. The maximum Gasteiger partial charge on any atom is 0.0700 e. The van der Waals surface area contributed by atoms with Crippen molar-refractivity contribution in [2.45, 2.75) is 31.9 Å². The van der Waals surface area contributed by atoms with E-state index in [0.29, 0.717) is 16.1 Å². The summed E-state index contributed by atoms with van der Waals surface area (Å²) in [6, 6.07) is 5.83. The molecule has 0 radical (unpaired) electrons. The van der Waals surface area contributed by atoms with E-state index in [1.54, 1.807) is 6.07 Å². The molecule has 0 aliphatic carbocycles. The molecular formula is C13H17Cl2NO. The number of benzene rings is 1. The van der Waals surface area contributed by atoms with E-state index in [1.165, 1.54) is 6.42 Å². The van der Waals surface area contributed by atoms with Crippen LogP contribution in [0.5, 0.6) is 0 Å². The molecule has 1 aromatic carbocycles. The minimum Gasteiger partial charge on any atom is -0.377 e. The molecule has 17 heavy (non-hydrogen) atoms. The summed E-state index contributed by atoms with van der Waals surface area (Å²) in [6.45, 7) is 3.87. The molecule has 0 bridgehead atoms. The van der Waals surface area contributed by atoms with Crippen LogP contribution >= 0.6 is 23.2 Å². The van der Waals surface area contributed by atoms with E-state index in [4.69, 9.17) is 27.9 Å². The first kappa shape index (κ1) is 13.2. The largest absolute Gasteiger partial charge is 0.377 e. The Labute approximate surface area is 112 Å². The molecule has 94 valence electrons. The van der Waals surface area contributed by atoms with Crippen LogP contribution in [0, 0.1) is 0 Å². The van der Waals surface area contributed by atoms with E-state index in [0.717, 1.165) is 25.1 Å². The lowest BCUT2D eigenvalue weighted by Gasteiger charge is -2.18. The van der Waals surface area contributed by atoms with E-state index in [-0.39, 0.29) is 6.04 Å². The van der Waals surface area contributed by atoms with Gasteiger partial charge in [-0.15, -0.1) is 0 Å². The lowest BCUT2D eigenvalue weighted by molar-refractivity contribution is 0.108.